The molecule has 1 heterocycles. The van der Waals surface area contributed by atoms with Gasteiger partial charge in [0.25, 0.3) is 0 Å². The number of para-hydroxylation sites is 2. The maximum atomic E-state index is 12.8. The van der Waals surface area contributed by atoms with Crippen molar-refractivity contribution < 1.29 is 8.42 Å². The van der Waals surface area contributed by atoms with Crippen molar-refractivity contribution in [1.82, 2.24) is 0 Å². The first-order valence-electron chi connectivity index (χ1n) is 7.43. The van der Waals surface area contributed by atoms with Crippen molar-refractivity contribution in [1.29, 1.82) is 0 Å². The van der Waals surface area contributed by atoms with Crippen molar-refractivity contribution in [2.45, 2.75) is 4.90 Å². The molecule has 4 rings (SSSR count). The fraction of sp³-hybridized carbons (Fsp3) is 0. The van der Waals surface area contributed by atoms with Crippen LogP contribution in [0.1, 0.15) is 0 Å². The topological polar surface area (TPSA) is 58.5 Å². The normalized spacial score (nSPS) is 12.8. The van der Waals surface area contributed by atoms with Crippen LogP contribution in [0.5, 0.6) is 0 Å². The molecule has 24 heavy (non-hydrogen) atoms. The quantitative estimate of drug-likeness (QED) is 0.529. The van der Waals surface area contributed by atoms with Crippen LogP contribution in [-0.2, 0) is 10.0 Å². The fourth-order valence-electron chi connectivity index (χ4n) is 2.64. The zero-order valence-electron chi connectivity index (χ0n) is 12.6. The molecule has 119 valence electrons. The van der Waals surface area contributed by atoms with Gasteiger partial charge in [-0.1, -0.05) is 0 Å². The Balaban J connectivity index is 1.95. The van der Waals surface area contributed by atoms with E-state index in [1.54, 1.807) is 30.3 Å². The first-order chi connectivity index (χ1) is 11.6. The Kier molecular flexibility index (Phi) is 3.83. The first kappa shape index (κ1) is 15.3. The molecule has 0 unspecified atom stereocenters. The van der Waals surface area contributed by atoms with E-state index in [0.717, 1.165) is 20.1 Å². The summed E-state index contributed by atoms with van der Waals surface area (Å²) in [5.74, 6) is 0. The van der Waals surface area contributed by atoms with E-state index in [1.807, 2.05) is 48.5 Å². The summed E-state index contributed by atoms with van der Waals surface area (Å²) in [6.45, 7) is 0. The zero-order valence-corrected chi connectivity index (χ0v) is 15.3. The molecule has 3 aromatic rings. The number of benzene rings is 3. The molecule has 0 aromatic heterocycles. The van der Waals surface area contributed by atoms with Gasteiger partial charge in [-0.2, -0.15) is 0 Å². The molecule has 1 aliphatic rings. The molecule has 0 atom stereocenters. The molecule has 0 spiro atoms. The van der Waals surface area contributed by atoms with Gasteiger partial charge >= 0.3 is 145 Å². The number of rotatable bonds is 2. The van der Waals surface area contributed by atoms with Crippen LogP contribution in [0.4, 0.5) is 11.4 Å². The summed E-state index contributed by atoms with van der Waals surface area (Å²) in [6, 6.07) is 24.1. The van der Waals surface area contributed by atoms with Gasteiger partial charge in [0.15, 0.2) is 0 Å². The van der Waals surface area contributed by atoms with Crippen LogP contribution >= 0.6 is 0 Å². The summed E-state index contributed by atoms with van der Waals surface area (Å²) in [5.41, 5.74) is 1.89. The van der Waals surface area contributed by atoms with Crippen LogP contribution in [-0.4, -0.2) is 22.9 Å². The summed E-state index contributed by atoms with van der Waals surface area (Å²) in [5, 5.41) is 3.38. The Morgan fingerprint density at radius 1 is 0.708 bits per heavy atom. The monoisotopic (exact) mass is 397 g/mol. The van der Waals surface area contributed by atoms with Gasteiger partial charge in [-0.3, -0.25) is 0 Å². The van der Waals surface area contributed by atoms with Crippen molar-refractivity contribution in [3.05, 3.63) is 78.9 Å². The van der Waals surface area contributed by atoms with Crippen molar-refractivity contribution in [3.8, 4) is 0 Å². The van der Waals surface area contributed by atoms with Gasteiger partial charge in [0.1, 0.15) is 0 Å². The van der Waals surface area contributed by atoms with E-state index in [4.69, 9.17) is 0 Å². The van der Waals surface area contributed by atoms with E-state index >= 15 is 0 Å². The van der Waals surface area contributed by atoms with E-state index in [1.165, 1.54) is 0 Å². The number of sulfonamides is 1. The number of fused-ring (bicyclic) bond motifs is 2. The SMILES string of the molecule is O=S(=O)(N=[As]1c2ccccc2Nc2ccccc21)c1ccccc1. The third-order valence-electron chi connectivity index (χ3n) is 3.76. The predicted octanol–water partition coefficient (Wildman–Crippen LogP) is 2.51. The zero-order chi connectivity index (χ0) is 16.6. The van der Waals surface area contributed by atoms with Crippen LogP contribution in [0, 0.1) is 0 Å². The number of hydrogen-bond donors (Lipinski definition) is 1. The predicted molar refractivity (Wildman–Crippen MR) is 97.2 cm³/mol. The minimum absolute atomic E-state index is 0.243. The summed E-state index contributed by atoms with van der Waals surface area (Å²) in [7, 11) is -3.68. The van der Waals surface area contributed by atoms with Crippen molar-refractivity contribution in [2.75, 3.05) is 5.32 Å². The molecule has 1 N–H and O–H groups in total. The summed E-state index contributed by atoms with van der Waals surface area (Å²) >= 11 is -2.33. The Labute approximate surface area is 145 Å². The van der Waals surface area contributed by atoms with Gasteiger partial charge in [-0.05, 0) is 0 Å². The van der Waals surface area contributed by atoms with Gasteiger partial charge in [-0.25, -0.2) is 0 Å². The van der Waals surface area contributed by atoms with Crippen LogP contribution in [0.2, 0.25) is 0 Å². The van der Waals surface area contributed by atoms with Crippen LogP contribution < -0.4 is 14.0 Å². The third kappa shape index (κ3) is 2.70. The van der Waals surface area contributed by atoms with E-state index in [2.05, 4.69) is 8.58 Å². The molecule has 0 bridgehead atoms. The van der Waals surface area contributed by atoms with Crippen molar-refractivity contribution in [3.63, 3.8) is 0 Å². The number of anilines is 2. The summed E-state index contributed by atoms with van der Waals surface area (Å²) in [6.07, 6.45) is 0. The maximum absolute atomic E-state index is 12.8. The van der Waals surface area contributed by atoms with Crippen LogP contribution in [0.3, 0.4) is 0 Å². The van der Waals surface area contributed by atoms with E-state index in [0.29, 0.717) is 0 Å². The van der Waals surface area contributed by atoms with Gasteiger partial charge in [-0.15, -0.1) is 0 Å². The van der Waals surface area contributed by atoms with Gasteiger partial charge < -0.3 is 0 Å². The standard InChI is InChI=1S/C18H14AsN2O2S/c22-24(23,14-8-2-1-3-9-14)21-19-15-10-4-6-12-17(15)20-18-13-7-5-11-16(18)19/h1-13H,(H,20,21). The van der Waals surface area contributed by atoms with Gasteiger partial charge in [0.05, 0.1) is 0 Å². The fourth-order valence-corrected chi connectivity index (χ4v) is 9.68. The second kappa shape index (κ2) is 6.00. The summed E-state index contributed by atoms with van der Waals surface area (Å²) < 4.78 is 31.9. The third-order valence-corrected chi connectivity index (χ3v) is 10.9. The van der Waals surface area contributed by atoms with Gasteiger partial charge in [0.2, 0.25) is 0 Å². The second-order valence-electron chi connectivity index (χ2n) is 5.34. The van der Waals surface area contributed by atoms with Crippen molar-refractivity contribution in [2.24, 2.45) is 3.27 Å². The molecule has 3 aromatic carbocycles. The Morgan fingerprint density at radius 2 is 1.21 bits per heavy atom. The number of hydrogen-bond acceptors (Lipinski definition) is 3. The average Bonchev–Trinajstić information content (AvgIpc) is 2.62. The molecule has 0 saturated carbocycles. The molecule has 0 aliphatic carbocycles. The summed E-state index contributed by atoms with van der Waals surface area (Å²) in [4.78, 5) is 0.243. The molecule has 0 amide bonds. The van der Waals surface area contributed by atoms with Crippen LogP contribution in [0.25, 0.3) is 0 Å². The molecule has 1 aliphatic heterocycles. The minimum atomic E-state index is -3.68. The van der Waals surface area contributed by atoms with E-state index in [9.17, 15) is 8.42 Å². The molecule has 1 radical (unpaired) electrons. The Morgan fingerprint density at radius 3 is 1.79 bits per heavy atom. The van der Waals surface area contributed by atoms with E-state index < -0.39 is 24.5 Å². The molecular formula is C18H14AsN2O2S. The molecule has 0 fully saturated rings. The van der Waals surface area contributed by atoms with Crippen molar-refractivity contribution >= 4 is 44.6 Å². The van der Waals surface area contributed by atoms with Crippen LogP contribution in [0.15, 0.2) is 87.0 Å². The number of nitrogens with zero attached hydrogens (tertiary/aromatic N) is 1. The first-order valence-corrected chi connectivity index (χ1v) is 11.6. The number of nitrogens with one attached hydrogen (secondary N) is 1. The Hall–Kier alpha value is -2.23. The molecule has 0 saturated heterocycles. The average molecular weight is 397 g/mol. The molecule has 4 nitrogen and oxygen atoms in total. The molecule has 6 heteroatoms. The van der Waals surface area contributed by atoms with E-state index in [-0.39, 0.29) is 4.90 Å². The molecular weight excluding hydrogens is 383 g/mol. The van der Waals surface area contributed by atoms with Gasteiger partial charge in [0, 0.05) is 0 Å². The Bertz CT molecular complexity index is 1000. The second-order valence-corrected chi connectivity index (χ2v) is 11.3.